The highest BCUT2D eigenvalue weighted by atomic mass is 16.5. The van der Waals surface area contributed by atoms with E-state index < -0.39 is 0 Å². The molecule has 96 valence electrons. The molecule has 0 heterocycles. The molecule has 0 amide bonds. The summed E-state index contributed by atoms with van der Waals surface area (Å²) in [6.45, 7) is 7.98. The van der Waals surface area contributed by atoms with Gasteiger partial charge in [0.1, 0.15) is 5.75 Å². The zero-order valence-electron chi connectivity index (χ0n) is 11.4. The van der Waals surface area contributed by atoms with E-state index in [9.17, 15) is 0 Å². The molecule has 2 aromatic rings. The normalized spacial score (nSPS) is 12.6. The van der Waals surface area contributed by atoms with Crippen molar-refractivity contribution >= 4 is 10.8 Å². The van der Waals surface area contributed by atoms with Gasteiger partial charge in [-0.2, -0.15) is 0 Å². The van der Waals surface area contributed by atoms with Crippen LogP contribution in [-0.4, -0.2) is 13.2 Å². The van der Waals surface area contributed by atoms with Gasteiger partial charge in [-0.25, -0.2) is 0 Å². The number of hydrogen-bond acceptors (Lipinski definition) is 2. The van der Waals surface area contributed by atoms with E-state index in [2.05, 4.69) is 55.6 Å². The van der Waals surface area contributed by atoms with Crippen molar-refractivity contribution in [2.45, 2.75) is 26.8 Å². The maximum Gasteiger partial charge on any atom is 0.131 e. The van der Waals surface area contributed by atoms with Gasteiger partial charge in [0.05, 0.1) is 6.61 Å². The van der Waals surface area contributed by atoms with Crippen molar-refractivity contribution in [2.75, 3.05) is 13.2 Å². The number of fused-ring (bicyclic) bond motifs is 1. The third kappa shape index (κ3) is 2.49. The van der Waals surface area contributed by atoms with Gasteiger partial charge in [0.15, 0.2) is 0 Å². The monoisotopic (exact) mass is 243 g/mol. The summed E-state index contributed by atoms with van der Waals surface area (Å²) in [6.07, 6.45) is 0. The lowest BCUT2D eigenvalue weighted by molar-refractivity contribution is 0.337. The van der Waals surface area contributed by atoms with Crippen molar-refractivity contribution in [2.24, 2.45) is 0 Å². The first-order chi connectivity index (χ1) is 8.77. The lowest BCUT2D eigenvalue weighted by atomic mass is 10.0. The Morgan fingerprint density at radius 2 is 1.89 bits per heavy atom. The van der Waals surface area contributed by atoms with Crippen LogP contribution < -0.4 is 10.1 Å². The van der Waals surface area contributed by atoms with E-state index in [1.54, 1.807) is 0 Å². The molecule has 18 heavy (non-hydrogen) atoms. The lowest BCUT2D eigenvalue weighted by Gasteiger charge is -2.19. The first-order valence-corrected chi connectivity index (χ1v) is 6.65. The molecule has 0 aliphatic heterocycles. The molecule has 1 N–H and O–H groups in total. The average Bonchev–Trinajstić information content (AvgIpc) is 2.39. The van der Waals surface area contributed by atoms with Crippen LogP contribution in [0.3, 0.4) is 0 Å². The van der Waals surface area contributed by atoms with Crippen LogP contribution in [0.4, 0.5) is 0 Å². The maximum absolute atomic E-state index is 5.88. The minimum atomic E-state index is 0.307. The number of nitrogens with one attached hydrogen (secondary N) is 1. The summed E-state index contributed by atoms with van der Waals surface area (Å²) in [5.74, 6) is 1.02. The predicted octanol–water partition coefficient (Wildman–Crippen LogP) is 3.91. The third-order valence-electron chi connectivity index (χ3n) is 3.18. The van der Waals surface area contributed by atoms with E-state index in [1.165, 1.54) is 16.3 Å². The first-order valence-electron chi connectivity index (χ1n) is 6.65. The van der Waals surface area contributed by atoms with Crippen LogP contribution in [0.2, 0.25) is 0 Å². The molecule has 0 aromatic heterocycles. The summed E-state index contributed by atoms with van der Waals surface area (Å²) in [7, 11) is 0. The summed E-state index contributed by atoms with van der Waals surface area (Å²) in [5, 5.41) is 5.87. The minimum absolute atomic E-state index is 0.307. The Labute approximate surface area is 109 Å². The van der Waals surface area contributed by atoms with Crippen LogP contribution in [0.5, 0.6) is 5.75 Å². The van der Waals surface area contributed by atoms with E-state index in [0.29, 0.717) is 12.6 Å². The van der Waals surface area contributed by atoms with Crippen LogP contribution in [0.1, 0.15) is 32.4 Å². The van der Waals surface area contributed by atoms with Crippen molar-refractivity contribution in [1.82, 2.24) is 5.32 Å². The lowest BCUT2D eigenvalue weighted by Crippen LogP contribution is -2.18. The minimum Gasteiger partial charge on any atom is -0.493 e. The fourth-order valence-corrected chi connectivity index (χ4v) is 2.32. The van der Waals surface area contributed by atoms with Gasteiger partial charge in [-0.15, -0.1) is 0 Å². The van der Waals surface area contributed by atoms with Gasteiger partial charge in [0.25, 0.3) is 0 Å². The largest absolute Gasteiger partial charge is 0.493 e. The fraction of sp³-hybridized carbons (Fsp3) is 0.375. The zero-order valence-corrected chi connectivity index (χ0v) is 11.4. The smallest absolute Gasteiger partial charge is 0.131 e. The van der Waals surface area contributed by atoms with E-state index in [1.807, 2.05) is 6.92 Å². The van der Waals surface area contributed by atoms with Gasteiger partial charge in [-0.3, -0.25) is 0 Å². The fourth-order valence-electron chi connectivity index (χ4n) is 2.32. The highest BCUT2D eigenvalue weighted by Crippen LogP contribution is 2.33. The van der Waals surface area contributed by atoms with Gasteiger partial charge >= 0.3 is 0 Å². The second kappa shape index (κ2) is 5.87. The molecule has 2 aromatic carbocycles. The Morgan fingerprint density at radius 1 is 1.11 bits per heavy atom. The van der Waals surface area contributed by atoms with Gasteiger partial charge in [0.2, 0.25) is 0 Å². The number of benzene rings is 2. The first kappa shape index (κ1) is 12.9. The number of ether oxygens (including phenoxy) is 1. The van der Waals surface area contributed by atoms with Crippen LogP contribution in [-0.2, 0) is 0 Å². The van der Waals surface area contributed by atoms with Gasteiger partial charge in [-0.05, 0) is 25.8 Å². The summed E-state index contributed by atoms with van der Waals surface area (Å²) in [4.78, 5) is 0. The SMILES string of the molecule is CCNC(C)c1ccc2ccccc2c1OCC. The van der Waals surface area contributed by atoms with E-state index >= 15 is 0 Å². The molecule has 2 nitrogen and oxygen atoms in total. The molecule has 0 aliphatic rings. The second-order valence-electron chi connectivity index (χ2n) is 4.42. The molecule has 0 saturated carbocycles. The summed E-state index contributed by atoms with van der Waals surface area (Å²) < 4.78 is 5.88. The van der Waals surface area contributed by atoms with Gasteiger partial charge < -0.3 is 10.1 Å². The molecule has 0 bridgehead atoms. The molecule has 2 heteroatoms. The maximum atomic E-state index is 5.88. The van der Waals surface area contributed by atoms with Gasteiger partial charge in [0, 0.05) is 17.0 Å². The Kier molecular flexibility index (Phi) is 4.21. The summed E-state index contributed by atoms with van der Waals surface area (Å²) in [6, 6.07) is 13.0. The third-order valence-corrected chi connectivity index (χ3v) is 3.18. The van der Waals surface area contributed by atoms with E-state index in [4.69, 9.17) is 4.74 Å². The highest BCUT2D eigenvalue weighted by Gasteiger charge is 2.13. The average molecular weight is 243 g/mol. The molecule has 1 unspecified atom stereocenters. The Morgan fingerprint density at radius 3 is 2.61 bits per heavy atom. The van der Waals surface area contributed by atoms with Crippen molar-refractivity contribution in [3.05, 3.63) is 42.0 Å². The predicted molar refractivity (Wildman–Crippen MR) is 77.2 cm³/mol. The molecule has 0 aliphatic carbocycles. The van der Waals surface area contributed by atoms with Crippen molar-refractivity contribution in [1.29, 1.82) is 0 Å². The van der Waals surface area contributed by atoms with Crippen molar-refractivity contribution in [3.8, 4) is 5.75 Å². The molecule has 0 fully saturated rings. The Hall–Kier alpha value is -1.54. The number of rotatable bonds is 5. The van der Waals surface area contributed by atoms with E-state index in [0.717, 1.165) is 12.3 Å². The second-order valence-corrected chi connectivity index (χ2v) is 4.42. The quantitative estimate of drug-likeness (QED) is 0.859. The molecule has 0 spiro atoms. The van der Waals surface area contributed by atoms with Crippen LogP contribution >= 0.6 is 0 Å². The molecule has 2 rings (SSSR count). The van der Waals surface area contributed by atoms with E-state index in [-0.39, 0.29) is 0 Å². The summed E-state index contributed by atoms with van der Waals surface area (Å²) >= 11 is 0. The molecular formula is C16H21NO. The standard InChI is InChI=1S/C16H21NO/c1-4-17-12(3)14-11-10-13-8-6-7-9-15(13)16(14)18-5-2/h6-12,17H,4-5H2,1-3H3. The Bertz CT molecular complexity index is 521. The zero-order chi connectivity index (χ0) is 13.0. The van der Waals surface area contributed by atoms with Crippen molar-refractivity contribution in [3.63, 3.8) is 0 Å². The molecule has 1 atom stereocenters. The molecule has 0 saturated heterocycles. The number of hydrogen-bond donors (Lipinski definition) is 1. The highest BCUT2D eigenvalue weighted by molar-refractivity contribution is 5.89. The summed E-state index contributed by atoms with van der Waals surface area (Å²) in [5.41, 5.74) is 1.23. The Balaban J connectivity index is 2.55. The van der Waals surface area contributed by atoms with Gasteiger partial charge in [-0.1, -0.05) is 43.3 Å². The molecule has 0 radical (unpaired) electrons. The van der Waals surface area contributed by atoms with Crippen LogP contribution in [0.15, 0.2) is 36.4 Å². The van der Waals surface area contributed by atoms with Crippen LogP contribution in [0, 0.1) is 0 Å². The molecular weight excluding hydrogens is 222 g/mol. The topological polar surface area (TPSA) is 21.3 Å². The van der Waals surface area contributed by atoms with Crippen LogP contribution in [0.25, 0.3) is 10.8 Å². The van der Waals surface area contributed by atoms with Crippen molar-refractivity contribution < 1.29 is 4.74 Å².